The molecule has 1 aliphatic heterocycles. The van der Waals surface area contributed by atoms with Crippen molar-refractivity contribution in [1.82, 2.24) is 15.1 Å². The predicted octanol–water partition coefficient (Wildman–Crippen LogP) is 1.95. The fourth-order valence-electron chi connectivity index (χ4n) is 3.30. The van der Waals surface area contributed by atoms with E-state index >= 15 is 0 Å². The smallest absolute Gasteiger partial charge is 0.246 e. The van der Waals surface area contributed by atoms with Crippen molar-refractivity contribution in [2.45, 2.75) is 19.9 Å². The summed E-state index contributed by atoms with van der Waals surface area (Å²) in [5, 5.41) is 2.89. The summed E-state index contributed by atoms with van der Waals surface area (Å²) in [5.74, 6) is 1.66. The van der Waals surface area contributed by atoms with E-state index in [1.807, 2.05) is 32.1 Å². The van der Waals surface area contributed by atoms with Crippen LogP contribution in [0, 0.1) is 0 Å². The Morgan fingerprint density at radius 3 is 2.13 bits per heavy atom. The molecule has 8 heteroatoms. The van der Waals surface area contributed by atoms with Crippen molar-refractivity contribution in [1.29, 1.82) is 0 Å². The molecular weight excluding hydrogens is 398 g/mol. The number of methoxy groups -OCH3 is 3. The van der Waals surface area contributed by atoms with Crippen LogP contribution in [0.3, 0.4) is 0 Å². The third-order valence-electron chi connectivity index (χ3n) is 4.83. The molecule has 1 aliphatic rings. The number of carbonyl (C=O) groups is 2. The van der Waals surface area contributed by atoms with Crippen LogP contribution < -0.4 is 19.5 Å². The van der Waals surface area contributed by atoms with Gasteiger partial charge in [0.05, 0.1) is 27.9 Å². The van der Waals surface area contributed by atoms with Crippen molar-refractivity contribution in [3.8, 4) is 17.2 Å². The molecule has 1 heterocycles. The number of hydrogen-bond acceptors (Lipinski definition) is 6. The minimum atomic E-state index is -0.0409. The summed E-state index contributed by atoms with van der Waals surface area (Å²) in [6.45, 7) is 6.84. The Morgan fingerprint density at radius 1 is 1.00 bits per heavy atom. The van der Waals surface area contributed by atoms with Crippen LogP contribution in [-0.4, -0.2) is 81.7 Å². The fourth-order valence-corrected chi connectivity index (χ4v) is 3.30. The molecular formula is C23H33N3O5. The highest BCUT2D eigenvalue weighted by Crippen LogP contribution is 2.38. The summed E-state index contributed by atoms with van der Waals surface area (Å²) < 4.78 is 16.0. The van der Waals surface area contributed by atoms with E-state index in [1.165, 1.54) is 0 Å². The summed E-state index contributed by atoms with van der Waals surface area (Å²) in [6, 6.07) is 3.80. The first-order chi connectivity index (χ1) is 14.9. The molecule has 1 aromatic rings. The molecule has 0 aromatic heterocycles. The number of allylic oxidation sites excluding steroid dienone is 2. The predicted molar refractivity (Wildman–Crippen MR) is 121 cm³/mol. The molecule has 8 nitrogen and oxygen atoms in total. The number of ether oxygens (including phenoxy) is 3. The number of rotatable bonds is 9. The topological polar surface area (TPSA) is 80.3 Å². The van der Waals surface area contributed by atoms with Crippen LogP contribution in [0.15, 0.2) is 30.4 Å². The Hall–Kier alpha value is -3.00. The molecule has 1 N–H and O–H groups in total. The maximum Gasteiger partial charge on any atom is 0.246 e. The molecule has 170 valence electrons. The molecule has 0 atom stereocenters. The van der Waals surface area contributed by atoms with Crippen molar-refractivity contribution in [3.63, 3.8) is 0 Å². The quantitative estimate of drug-likeness (QED) is 0.476. The number of hydrogen-bond donors (Lipinski definition) is 1. The Bertz CT molecular complexity index is 786. The lowest BCUT2D eigenvalue weighted by atomic mass is 10.1. The molecule has 0 spiro atoms. The van der Waals surface area contributed by atoms with Crippen LogP contribution in [0.4, 0.5) is 0 Å². The van der Waals surface area contributed by atoms with Gasteiger partial charge in [0.15, 0.2) is 11.5 Å². The minimum absolute atomic E-state index is 0.0200. The Balaban J connectivity index is 1.88. The van der Waals surface area contributed by atoms with Gasteiger partial charge in [-0.15, -0.1) is 0 Å². The van der Waals surface area contributed by atoms with Crippen molar-refractivity contribution in [2.24, 2.45) is 0 Å². The van der Waals surface area contributed by atoms with E-state index in [-0.39, 0.29) is 17.9 Å². The largest absolute Gasteiger partial charge is 0.493 e. The third-order valence-corrected chi connectivity index (χ3v) is 4.83. The number of amides is 2. The van der Waals surface area contributed by atoms with Crippen molar-refractivity contribution in [2.75, 3.05) is 54.1 Å². The number of piperazine rings is 1. The minimum Gasteiger partial charge on any atom is -0.493 e. The zero-order valence-electron chi connectivity index (χ0n) is 19.0. The molecule has 2 rings (SSSR count). The van der Waals surface area contributed by atoms with Gasteiger partial charge in [0, 0.05) is 38.3 Å². The van der Waals surface area contributed by atoms with E-state index in [1.54, 1.807) is 44.5 Å². The Morgan fingerprint density at radius 2 is 1.61 bits per heavy atom. The Labute approximate surface area is 184 Å². The average Bonchev–Trinajstić information content (AvgIpc) is 2.75. The van der Waals surface area contributed by atoms with Crippen LogP contribution in [0.5, 0.6) is 17.2 Å². The normalized spacial score (nSPS) is 15.0. The second-order valence-electron chi connectivity index (χ2n) is 7.50. The molecule has 31 heavy (non-hydrogen) atoms. The van der Waals surface area contributed by atoms with Crippen molar-refractivity contribution < 1.29 is 23.8 Å². The van der Waals surface area contributed by atoms with E-state index < -0.39 is 0 Å². The standard InChI is InChI=1S/C23H33N3O5/c1-17(2)24-21(27)16-25-10-12-26(13-11-25)22(28)9-7-6-8-18-14-19(29-3)23(31-5)20(15-18)30-4/h6-9,14-15,17H,10-13,16H2,1-5H3,(H,24,27). The number of carbonyl (C=O) groups excluding carboxylic acids is 2. The molecule has 1 saturated heterocycles. The first-order valence-corrected chi connectivity index (χ1v) is 10.3. The third kappa shape index (κ3) is 7.32. The number of nitrogens with one attached hydrogen (secondary N) is 1. The van der Waals surface area contributed by atoms with E-state index in [4.69, 9.17) is 14.2 Å². The second-order valence-corrected chi connectivity index (χ2v) is 7.50. The van der Waals surface area contributed by atoms with Gasteiger partial charge < -0.3 is 24.4 Å². The maximum absolute atomic E-state index is 12.4. The van der Waals surface area contributed by atoms with Crippen LogP contribution in [0.2, 0.25) is 0 Å². The Kier molecular flexibility index (Phi) is 9.40. The first kappa shape index (κ1) is 24.3. The molecule has 2 amide bonds. The van der Waals surface area contributed by atoms with Gasteiger partial charge in [-0.1, -0.05) is 18.2 Å². The molecule has 0 unspecified atom stereocenters. The van der Waals surface area contributed by atoms with E-state index in [9.17, 15) is 9.59 Å². The second kappa shape index (κ2) is 12.0. The van der Waals surface area contributed by atoms with Crippen LogP contribution in [0.1, 0.15) is 19.4 Å². The molecule has 0 bridgehead atoms. The summed E-state index contributed by atoms with van der Waals surface area (Å²) in [4.78, 5) is 28.1. The molecule has 1 aromatic carbocycles. The lowest BCUT2D eigenvalue weighted by Crippen LogP contribution is -2.51. The summed E-state index contributed by atoms with van der Waals surface area (Å²) >= 11 is 0. The van der Waals surface area contributed by atoms with Gasteiger partial charge in [-0.05, 0) is 31.5 Å². The highest BCUT2D eigenvalue weighted by molar-refractivity contribution is 5.88. The highest BCUT2D eigenvalue weighted by atomic mass is 16.5. The summed E-state index contributed by atoms with van der Waals surface area (Å²) in [6.07, 6.45) is 6.92. The van der Waals surface area contributed by atoms with Crippen molar-refractivity contribution in [3.05, 3.63) is 35.9 Å². The van der Waals surface area contributed by atoms with Gasteiger partial charge in [0.1, 0.15) is 0 Å². The zero-order chi connectivity index (χ0) is 22.8. The number of nitrogens with zero attached hydrogens (tertiary/aromatic N) is 2. The lowest BCUT2D eigenvalue weighted by Gasteiger charge is -2.33. The lowest BCUT2D eigenvalue weighted by molar-refractivity contribution is -0.128. The van der Waals surface area contributed by atoms with Crippen LogP contribution >= 0.6 is 0 Å². The average molecular weight is 432 g/mol. The van der Waals surface area contributed by atoms with Crippen LogP contribution in [-0.2, 0) is 9.59 Å². The maximum atomic E-state index is 12.4. The van der Waals surface area contributed by atoms with E-state index in [2.05, 4.69) is 10.2 Å². The molecule has 0 saturated carbocycles. The van der Waals surface area contributed by atoms with Gasteiger partial charge in [-0.2, -0.15) is 0 Å². The van der Waals surface area contributed by atoms with Gasteiger partial charge in [0.2, 0.25) is 17.6 Å². The SMILES string of the molecule is COc1cc(C=CC=CC(=O)N2CCN(CC(=O)NC(C)C)CC2)cc(OC)c1OC. The number of benzene rings is 1. The van der Waals surface area contributed by atoms with E-state index in [0.717, 1.165) is 5.56 Å². The van der Waals surface area contributed by atoms with Gasteiger partial charge >= 0.3 is 0 Å². The van der Waals surface area contributed by atoms with Gasteiger partial charge in [-0.3, -0.25) is 14.5 Å². The summed E-state index contributed by atoms with van der Waals surface area (Å²) in [5.41, 5.74) is 0.861. The first-order valence-electron chi connectivity index (χ1n) is 10.3. The zero-order valence-corrected chi connectivity index (χ0v) is 19.0. The molecule has 1 fully saturated rings. The van der Waals surface area contributed by atoms with Crippen LogP contribution in [0.25, 0.3) is 6.08 Å². The highest BCUT2D eigenvalue weighted by Gasteiger charge is 2.21. The monoisotopic (exact) mass is 431 g/mol. The van der Waals surface area contributed by atoms with Gasteiger partial charge in [-0.25, -0.2) is 0 Å². The van der Waals surface area contributed by atoms with Crippen molar-refractivity contribution >= 4 is 17.9 Å². The van der Waals surface area contributed by atoms with Gasteiger partial charge in [0.25, 0.3) is 0 Å². The van der Waals surface area contributed by atoms with E-state index in [0.29, 0.717) is 50.0 Å². The fraction of sp³-hybridized carbons (Fsp3) is 0.478. The molecule has 0 aliphatic carbocycles. The summed E-state index contributed by atoms with van der Waals surface area (Å²) in [7, 11) is 4.70. The molecule has 0 radical (unpaired) electrons.